The van der Waals surface area contributed by atoms with Gasteiger partial charge < -0.3 is 14.2 Å². The third-order valence-electron chi connectivity index (χ3n) is 3.52. The van der Waals surface area contributed by atoms with Crippen LogP contribution in [0.3, 0.4) is 0 Å². The molecular formula is C17H19NO2. The van der Waals surface area contributed by atoms with Crippen LogP contribution in [0.15, 0.2) is 51.7 Å². The molecule has 3 rings (SSSR count). The van der Waals surface area contributed by atoms with E-state index in [2.05, 4.69) is 43.4 Å². The van der Waals surface area contributed by atoms with E-state index in [0.717, 1.165) is 40.8 Å². The van der Waals surface area contributed by atoms with Gasteiger partial charge in [0.1, 0.15) is 11.3 Å². The number of benzene rings is 1. The van der Waals surface area contributed by atoms with Crippen LogP contribution in [0, 0.1) is 6.92 Å². The zero-order valence-electron chi connectivity index (χ0n) is 11.8. The maximum atomic E-state index is 6.08. The summed E-state index contributed by atoms with van der Waals surface area (Å²) in [5, 5.41) is 4.66. The summed E-state index contributed by atoms with van der Waals surface area (Å²) >= 11 is 0. The first-order valence-corrected chi connectivity index (χ1v) is 7.04. The molecule has 2 heterocycles. The van der Waals surface area contributed by atoms with E-state index in [-0.39, 0.29) is 6.04 Å². The van der Waals surface area contributed by atoms with Crippen molar-refractivity contribution in [1.29, 1.82) is 0 Å². The summed E-state index contributed by atoms with van der Waals surface area (Å²) in [7, 11) is 0. The molecule has 0 fully saturated rings. The van der Waals surface area contributed by atoms with Gasteiger partial charge >= 0.3 is 0 Å². The third-order valence-corrected chi connectivity index (χ3v) is 3.52. The molecule has 0 saturated heterocycles. The van der Waals surface area contributed by atoms with Crippen LogP contribution in [0.5, 0.6) is 0 Å². The van der Waals surface area contributed by atoms with Gasteiger partial charge in [0.05, 0.1) is 18.6 Å². The van der Waals surface area contributed by atoms with E-state index >= 15 is 0 Å². The molecular weight excluding hydrogens is 250 g/mol. The average molecular weight is 269 g/mol. The zero-order chi connectivity index (χ0) is 13.9. The number of furan rings is 2. The fourth-order valence-electron chi connectivity index (χ4n) is 2.48. The summed E-state index contributed by atoms with van der Waals surface area (Å²) in [6.07, 6.45) is 4.55. The number of nitrogens with one attached hydrogen (secondary N) is 1. The minimum atomic E-state index is 0.0421. The Balaban J connectivity index is 2.02. The second-order valence-electron chi connectivity index (χ2n) is 5.09. The van der Waals surface area contributed by atoms with Crippen LogP contribution < -0.4 is 5.32 Å². The number of para-hydroxylation sites is 1. The summed E-state index contributed by atoms with van der Waals surface area (Å²) in [5.74, 6) is 0.934. The predicted octanol–water partition coefficient (Wildman–Crippen LogP) is 4.42. The molecule has 0 aliphatic carbocycles. The lowest BCUT2D eigenvalue weighted by Gasteiger charge is -2.14. The predicted molar refractivity (Wildman–Crippen MR) is 79.8 cm³/mol. The van der Waals surface area contributed by atoms with Crippen molar-refractivity contribution < 1.29 is 8.83 Å². The SMILES string of the molecule is CCCNC(c1ccoc1)c1cc2cccc(C)c2o1. The van der Waals surface area contributed by atoms with Gasteiger partial charge in [-0.2, -0.15) is 0 Å². The Bertz CT molecular complexity index is 682. The topological polar surface area (TPSA) is 38.3 Å². The van der Waals surface area contributed by atoms with Gasteiger partial charge in [0.15, 0.2) is 0 Å². The van der Waals surface area contributed by atoms with Crippen molar-refractivity contribution in [2.75, 3.05) is 6.54 Å². The molecule has 1 aromatic carbocycles. The number of rotatable bonds is 5. The highest BCUT2D eigenvalue weighted by Gasteiger charge is 2.19. The molecule has 104 valence electrons. The first kappa shape index (κ1) is 13.0. The van der Waals surface area contributed by atoms with Crippen molar-refractivity contribution in [3.8, 4) is 0 Å². The van der Waals surface area contributed by atoms with Gasteiger partial charge in [-0.25, -0.2) is 0 Å². The molecule has 0 saturated carbocycles. The largest absolute Gasteiger partial charge is 0.472 e. The van der Waals surface area contributed by atoms with Gasteiger partial charge in [0.2, 0.25) is 0 Å². The summed E-state index contributed by atoms with van der Waals surface area (Å²) in [6.45, 7) is 5.16. The Hall–Kier alpha value is -2.00. The molecule has 3 aromatic rings. The number of hydrogen-bond donors (Lipinski definition) is 1. The van der Waals surface area contributed by atoms with Crippen LogP contribution in [-0.2, 0) is 0 Å². The van der Waals surface area contributed by atoms with Crippen molar-refractivity contribution >= 4 is 11.0 Å². The molecule has 1 N–H and O–H groups in total. The van der Waals surface area contributed by atoms with Crippen LogP contribution in [0.4, 0.5) is 0 Å². The lowest BCUT2D eigenvalue weighted by Crippen LogP contribution is -2.22. The van der Waals surface area contributed by atoms with Crippen molar-refractivity contribution in [2.45, 2.75) is 26.3 Å². The summed E-state index contributed by atoms with van der Waals surface area (Å²) in [6, 6.07) is 10.4. The number of fused-ring (bicyclic) bond motifs is 1. The van der Waals surface area contributed by atoms with Crippen LogP contribution in [0.1, 0.15) is 36.3 Å². The van der Waals surface area contributed by atoms with Gasteiger partial charge in [-0.1, -0.05) is 25.1 Å². The number of aryl methyl sites for hydroxylation is 1. The standard InChI is InChI=1S/C17H19NO2/c1-3-8-18-16(14-7-9-19-11-14)15-10-13-6-4-5-12(2)17(13)20-15/h4-7,9-11,16,18H,3,8H2,1-2H3. The lowest BCUT2D eigenvalue weighted by atomic mass is 10.1. The van der Waals surface area contributed by atoms with Crippen molar-refractivity contribution in [1.82, 2.24) is 5.32 Å². The summed E-state index contributed by atoms with van der Waals surface area (Å²) in [5.41, 5.74) is 3.22. The molecule has 3 nitrogen and oxygen atoms in total. The van der Waals surface area contributed by atoms with Gasteiger partial charge in [-0.3, -0.25) is 0 Å². The Morgan fingerprint density at radius 3 is 2.85 bits per heavy atom. The van der Waals surface area contributed by atoms with E-state index in [1.54, 1.807) is 12.5 Å². The number of hydrogen-bond acceptors (Lipinski definition) is 3. The van der Waals surface area contributed by atoms with E-state index in [1.807, 2.05) is 6.07 Å². The van der Waals surface area contributed by atoms with Gasteiger partial charge in [0, 0.05) is 10.9 Å². The van der Waals surface area contributed by atoms with E-state index in [4.69, 9.17) is 8.83 Å². The van der Waals surface area contributed by atoms with E-state index in [0.29, 0.717) is 0 Å². The summed E-state index contributed by atoms with van der Waals surface area (Å²) < 4.78 is 11.3. The Morgan fingerprint density at radius 1 is 1.25 bits per heavy atom. The third kappa shape index (κ3) is 2.37. The smallest absolute Gasteiger partial charge is 0.137 e. The Morgan fingerprint density at radius 2 is 2.15 bits per heavy atom. The normalized spacial score (nSPS) is 12.9. The maximum Gasteiger partial charge on any atom is 0.137 e. The molecule has 0 radical (unpaired) electrons. The van der Waals surface area contributed by atoms with Crippen molar-refractivity contribution in [2.24, 2.45) is 0 Å². The summed E-state index contributed by atoms with van der Waals surface area (Å²) in [4.78, 5) is 0. The minimum absolute atomic E-state index is 0.0421. The van der Waals surface area contributed by atoms with Crippen LogP contribution in [-0.4, -0.2) is 6.54 Å². The van der Waals surface area contributed by atoms with Crippen molar-refractivity contribution in [3.63, 3.8) is 0 Å². The molecule has 0 aliphatic heterocycles. The fourth-order valence-corrected chi connectivity index (χ4v) is 2.48. The van der Waals surface area contributed by atoms with Crippen LogP contribution >= 0.6 is 0 Å². The molecule has 0 bridgehead atoms. The van der Waals surface area contributed by atoms with Gasteiger partial charge in [0.25, 0.3) is 0 Å². The molecule has 0 spiro atoms. The molecule has 3 heteroatoms. The zero-order valence-corrected chi connectivity index (χ0v) is 11.8. The van der Waals surface area contributed by atoms with Crippen LogP contribution in [0.2, 0.25) is 0 Å². The van der Waals surface area contributed by atoms with Gasteiger partial charge in [-0.05, 0) is 37.6 Å². The molecule has 0 amide bonds. The monoisotopic (exact) mass is 269 g/mol. The maximum absolute atomic E-state index is 6.08. The lowest BCUT2D eigenvalue weighted by molar-refractivity contribution is 0.464. The second-order valence-corrected chi connectivity index (χ2v) is 5.09. The second kappa shape index (κ2) is 5.55. The molecule has 1 unspecified atom stereocenters. The average Bonchev–Trinajstić information content (AvgIpc) is 3.09. The first-order chi connectivity index (χ1) is 9.79. The quantitative estimate of drug-likeness (QED) is 0.745. The van der Waals surface area contributed by atoms with Crippen molar-refractivity contribution in [3.05, 3.63) is 59.7 Å². The van der Waals surface area contributed by atoms with Gasteiger partial charge in [-0.15, -0.1) is 0 Å². The molecule has 2 aromatic heterocycles. The highest BCUT2D eigenvalue weighted by atomic mass is 16.3. The van der Waals surface area contributed by atoms with E-state index in [9.17, 15) is 0 Å². The fraction of sp³-hybridized carbons (Fsp3) is 0.294. The minimum Gasteiger partial charge on any atom is -0.472 e. The molecule has 20 heavy (non-hydrogen) atoms. The van der Waals surface area contributed by atoms with E-state index in [1.165, 1.54) is 0 Å². The highest BCUT2D eigenvalue weighted by molar-refractivity contribution is 5.81. The highest BCUT2D eigenvalue weighted by Crippen LogP contribution is 2.30. The van der Waals surface area contributed by atoms with Crippen LogP contribution in [0.25, 0.3) is 11.0 Å². The van der Waals surface area contributed by atoms with E-state index < -0.39 is 0 Å². The Kier molecular flexibility index (Phi) is 3.61. The Labute approximate surface area is 118 Å². The molecule has 1 atom stereocenters. The molecule has 0 aliphatic rings. The first-order valence-electron chi connectivity index (χ1n) is 7.04.